The van der Waals surface area contributed by atoms with Gasteiger partial charge in [-0.2, -0.15) is 0 Å². The number of aromatic amines is 1. The first-order valence-corrected chi connectivity index (χ1v) is 14.4. The lowest BCUT2D eigenvalue weighted by Gasteiger charge is -2.29. The van der Waals surface area contributed by atoms with E-state index in [1.165, 1.54) is 6.26 Å². The van der Waals surface area contributed by atoms with E-state index in [0.717, 1.165) is 34.7 Å². The van der Waals surface area contributed by atoms with Crippen molar-refractivity contribution in [3.63, 3.8) is 0 Å². The molecule has 2 aromatic carbocycles. The molecule has 1 atom stereocenters. The Hall–Kier alpha value is -3.63. The van der Waals surface area contributed by atoms with Gasteiger partial charge >= 0.3 is 0 Å². The summed E-state index contributed by atoms with van der Waals surface area (Å²) in [5, 5.41) is 5.71. The number of nitrogens with zero attached hydrogens (tertiary/aromatic N) is 1. The second-order valence-corrected chi connectivity index (χ2v) is 13.1. The molecule has 6 nitrogen and oxygen atoms in total. The van der Waals surface area contributed by atoms with Gasteiger partial charge in [0.25, 0.3) is 5.56 Å². The lowest BCUT2D eigenvalue weighted by molar-refractivity contribution is 0.359. The molecular weight excluding hydrogens is 482 g/mol. The standard InChI is InChI=1S/C30H31N3O3S/c1-18(30(2,3)4)32-28-24-15-12-21(20-10-13-23(14-11-20)37(5,35)36)16-25(24)26-27(33-28)22(17-31-29(26)34)9-8-19-6-7-19/h10-19H,6-7H2,1-5H3,(H,31,34)(H,32,33). The van der Waals surface area contributed by atoms with Crippen molar-refractivity contribution >= 4 is 37.3 Å². The van der Waals surface area contributed by atoms with E-state index >= 15 is 0 Å². The van der Waals surface area contributed by atoms with Crippen LogP contribution < -0.4 is 10.9 Å². The zero-order valence-electron chi connectivity index (χ0n) is 21.8. The van der Waals surface area contributed by atoms with Crippen LogP contribution in [-0.4, -0.2) is 30.7 Å². The molecule has 1 aliphatic rings. The van der Waals surface area contributed by atoms with Crippen molar-refractivity contribution in [3.8, 4) is 23.0 Å². The molecule has 0 spiro atoms. The van der Waals surface area contributed by atoms with Crippen LogP contribution in [0.5, 0.6) is 0 Å². The molecule has 2 N–H and O–H groups in total. The highest BCUT2D eigenvalue weighted by molar-refractivity contribution is 7.90. The number of H-pyrrole nitrogens is 1. The van der Waals surface area contributed by atoms with Gasteiger partial charge in [0, 0.05) is 35.2 Å². The number of benzene rings is 2. The van der Waals surface area contributed by atoms with Crippen molar-refractivity contribution in [2.45, 2.75) is 51.5 Å². The van der Waals surface area contributed by atoms with E-state index in [-0.39, 0.29) is 21.9 Å². The fraction of sp³-hybridized carbons (Fsp3) is 0.333. The first-order chi connectivity index (χ1) is 17.4. The summed E-state index contributed by atoms with van der Waals surface area (Å²) in [6.45, 7) is 8.64. The van der Waals surface area contributed by atoms with Crippen molar-refractivity contribution in [1.82, 2.24) is 9.97 Å². The molecule has 1 aliphatic carbocycles. The van der Waals surface area contributed by atoms with E-state index in [1.807, 2.05) is 18.2 Å². The molecule has 0 radical (unpaired) electrons. The third kappa shape index (κ3) is 5.12. The van der Waals surface area contributed by atoms with Gasteiger partial charge in [0.2, 0.25) is 0 Å². The van der Waals surface area contributed by atoms with E-state index in [0.29, 0.717) is 28.2 Å². The molecule has 7 heteroatoms. The smallest absolute Gasteiger partial charge is 0.258 e. The SMILES string of the molecule is CC(Nc1nc2c(C#CC3CC3)c[nH]c(=O)c2c2cc(-c3ccc(S(C)(=O)=O)cc3)ccc12)C(C)(C)C. The van der Waals surface area contributed by atoms with Crippen LogP contribution in [0.4, 0.5) is 5.82 Å². The second kappa shape index (κ2) is 9.04. The van der Waals surface area contributed by atoms with E-state index in [1.54, 1.807) is 30.5 Å². The van der Waals surface area contributed by atoms with Gasteiger partial charge in [0.15, 0.2) is 9.84 Å². The van der Waals surface area contributed by atoms with Gasteiger partial charge in [-0.3, -0.25) is 4.79 Å². The van der Waals surface area contributed by atoms with Crippen LogP contribution in [0.15, 0.2) is 58.4 Å². The van der Waals surface area contributed by atoms with Gasteiger partial charge in [-0.1, -0.05) is 56.9 Å². The predicted molar refractivity (Wildman–Crippen MR) is 151 cm³/mol. The minimum absolute atomic E-state index is 0.00691. The topological polar surface area (TPSA) is 91.9 Å². The molecule has 190 valence electrons. The third-order valence-corrected chi connectivity index (χ3v) is 8.22. The van der Waals surface area contributed by atoms with Crippen LogP contribution in [0, 0.1) is 23.2 Å². The summed E-state index contributed by atoms with van der Waals surface area (Å²) in [6.07, 6.45) is 5.08. The molecule has 1 fully saturated rings. The third-order valence-electron chi connectivity index (χ3n) is 7.09. The van der Waals surface area contributed by atoms with Gasteiger partial charge in [0.1, 0.15) is 5.82 Å². The summed E-state index contributed by atoms with van der Waals surface area (Å²) < 4.78 is 23.8. The Kier molecular flexibility index (Phi) is 6.12. The molecule has 0 saturated heterocycles. The van der Waals surface area contributed by atoms with Crippen molar-refractivity contribution in [2.75, 3.05) is 11.6 Å². The normalized spacial score (nSPS) is 14.8. The summed E-state index contributed by atoms with van der Waals surface area (Å²) in [5.74, 6) is 7.67. The van der Waals surface area contributed by atoms with Crippen molar-refractivity contribution in [2.24, 2.45) is 11.3 Å². The lowest BCUT2D eigenvalue weighted by atomic mass is 9.88. The van der Waals surface area contributed by atoms with Crippen LogP contribution >= 0.6 is 0 Å². The summed E-state index contributed by atoms with van der Waals surface area (Å²) >= 11 is 0. The van der Waals surface area contributed by atoms with E-state index < -0.39 is 9.84 Å². The van der Waals surface area contributed by atoms with E-state index in [9.17, 15) is 13.2 Å². The number of fused-ring (bicyclic) bond motifs is 3. The highest BCUT2D eigenvalue weighted by atomic mass is 32.2. The summed E-state index contributed by atoms with van der Waals surface area (Å²) in [4.78, 5) is 21.2. The van der Waals surface area contributed by atoms with Gasteiger partial charge in [0.05, 0.1) is 21.4 Å². The summed E-state index contributed by atoms with van der Waals surface area (Å²) in [5.41, 5.74) is 2.80. The van der Waals surface area contributed by atoms with Crippen molar-refractivity contribution in [3.05, 3.63) is 64.6 Å². The first kappa shape index (κ1) is 25.0. The largest absolute Gasteiger partial charge is 0.367 e. The molecule has 37 heavy (non-hydrogen) atoms. The Labute approximate surface area is 217 Å². The van der Waals surface area contributed by atoms with Crippen LogP contribution in [0.3, 0.4) is 0 Å². The molecule has 4 aromatic rings. The maximum Gasteiger partial charge on any atom is 0.258 e. The molecule has 0 bridgehead atoms. The van der Waals surface area contributed by atoms with Crippen molar-refractivity contribution in [1.29, 1.82) is 0 Å². The Bertz CT molecular complexity index is 1750. The highest BCUT2D eigenvalue weighted by Crippen LogP contribution is 2.35. The van der Waals surface area contributed by atoms with Gasteiger partial charge in [-0.05, 0) is 54.5 Å². The molecular formula is C30H31N3O3S. The maximum absolute atomic E-state index is 13.2. The molecule has 1 saturated carbocycles. The molecule has 0 amide bonds. The van der Waals surface area contributed by atoms with Crippen LogP contribution in [0.2, 0.25) is 0 Å². The highest BCUT2D eigenvalue weighted by Gasteiger charge is 2.23. The number of rotatable bonds is 4. The Morgan fingerprint density at radius 1 is 1.05 bits per heavy atom. The van der Waals surface area contributed by atoms with Gasteiger partial charge < -0.3 is 10.3 Å². The number of sulfone groups is 1. The van der Waals surface area contributed by atoms with Crippen LogP contribution in [0.1, 0.15) is 46.1 Å². The number of pyridine rings is 2. The minimum atomic E-state index is -3.29. The average molecular weight is 514 g/mol. The number of anilines is 1. The Morgan fingerprint density at radius 3 is 2.35 bits per heavy atom. The Balaban J connectivity index is 1.75. The number of aromatic nitrogens is 2. The first-order valence-electron chi connectivity index (χ1n) is 12.5. The minimum Gasteiger partial charge on any atom is -0.367 e. The van der Waals surface area contributed by atoms with Gasteiger partial charge in [-0.25, -0.2) is 13.4 Å². The van der Waals surface area contributed by atoms with Gasteiger partial charge in [-0.15, -0.1) is 0 Å². The number of hydrogen-bond acceptors (Lipinski definition) is 5. The van der Waals surface area contributed by atoms with Crippen LogP contribution in [-0.2, 0) is 9.84 Å². The summed E-state index contributed by atoms with van der Waals surface area (Å²) in [6, 6.07) is 12.8. The Morgan fingerprint density at radius 2 is 1.73 bits per heavy atom. The van der Waals surface area contributed by atoms with E-state index in [4.69, 9.17) is 4.98 Å². The molecule has 0 aliphatic heterocycles. The molecule has 2 aromatic heterocycles. The summed E-state index contributed by atoms with van der Waals surface area (Å²) in [7, 11) is -3.29. The fourth-order valence-electron chi connectivity index (χ4n) is 4.12. The van der Waals surface area contributed by atoms with E-state index in [2.05, 4.69) is 49.8 Å². The van der Waals surface area contributed by atoms with Crippen molar-refractivity contribution < 1.29 is 8.42 Å². The second-order valence-electron chi connectivity index (χ2n) is 11.0. The number of hydrogen-bond donors (Lipinski definition) is 2. The van der Waals surface area contributed by atoms with Crippen LogP contribution in [0.25, 0.3) is 32.8 Å². The average Bonchev–Trinajstić information content (AvgIpc) is 3.67. The molecule has 2 heterocycles. The monoisotopic (exact) mass is 513 g/mol. The number of nitrogens with one attached hydrogen (secondary N) is 2. The fourth-order valence-corrected chi connectivity index (χ4v) is 4.76. The zero-order chi connectivity index (χ0) is 26.5. The lowest BCUT2D eigenvalue weighted by Crippen LogP contribution is -2.31. The zero-order valence-corrected chi connectivity index (χ0v) is 22.6. The molecule has 5 rings (SSSR count). The molecule has 1 unspecified atom stereocenters. The maximum atomic E-state index is 13.2. The predicted octanol–water partition coefficient (Wildman–Crippen LogP) is 5.75. The quantitative estimate of drug-likeness (QED) is 0.268.